The van der Waals surface area contributed by atoms with Crippen molar-refractivity contribution < 1.29 is 18.7 Å². The Morgan fingerprint density at radius 3 is 1.93 bits per heavy atom. The summed E-state index contributed by atoms with van der Waals surface area (Å²) < 4.78 is 25.8. The fourth-order valence-electron chi connectivity index (χ4n) is 0.793. The second kappa shape index (κ2) is 3.88. The molecule has 0 aliphatic heterocycles. The SMILES string of the molecule is O=C(O)c1c(F)c(F)c(Cl)c(Cl)c1Cl. The highest BCUT2D eigenvalue weighted by molar-refractivity contribution is 6.49. The van der Waals surface area contributed by atoms with Gasteiger partial charge in [-0.15, -0.1) is 0 Å². The Hall–Kier alpha value is -0.580. The van der Waals surface area contributed by atoms with Crippen LogP contribution in [0.1, 0.15) is 10.4 Å². The van der Waals surface area contributed by atoms with E-state index < -0.39 is 38.2 Å². The molecule has 0 radical (unpaired) electrons. The van der Waals surface area contributed by atoms with Crippen molar-refractivity contribution in [3.63, 3.8) is 0 Å². The highest BCUT2D eigenvalue weighted by Crippen LogP contribution is 2.36. The largest absolute Gasteiger partial charge is 0.478 e. The molecule has 0 unspecified atom stereocenters. The summed E-state index contributed by atoms with van der Waals surface area (Å²) in [5.41, 5.74) is -1.03. The molecule has 1 N–H and O–H groups in total. The first-order valence-corrected chi connectivity index (χ1v) is 4.26. The highest BCUT2D eigenvalue weighted by atomic mass is 35.5. The number of carbonyl (C=O) groups is 1. The third-order valence-electron chi connectivity index (χ3n) is 1.42. The standard InChI is InChI=1S/C7HCl3F2O2/c8-2-1(7(13)14)5(11)6(12)4(10)3(2)9/h(H,13,14). The number of benzene rings is 1. The normalized spacial score (nSPS) is 10.4. The molecule has 0 aliphatic carbocycles. The van der Waals surface area contributed by atoms with E-state index in [-0.39, 0.29) is 0 Å². The number of aromatic carboxylic acids is 1. The Labute approximate surface area is 92.0 Å². The first-order chi connectivity index (χ1) is 6.37. The minimum absolute atomic E-state index is 0.523. The third-order valence-corrected chi connectivity index (χ3v) is 2.73. The third kappa shape index (κ3) is 1.65. The molecule has 0 fully saturated rings. The van der Waals surface area contributed by atoms with Gasteiger partial charge in [0.2, 0.25) is 0 Å². The van der Waals surface area contributed by atoms with Gasteiger partial charge in [-0.1, -0.05) is 34.8 Å². The first-order valence-electron chi connectivity index (χ1n) is 3.12. The van der Waals surface area contributed by atoms with Crippen molar-refractivity contribution in [2.75, 3.05) is 0 Å². The van der Waals surface area contributed by atoms with Crippen LogP contribution in [-0.4, -0.2) is 11.1 Å². The molecule has 0 bridgehead atoms. The Morgan fingerprint density at radius 2 is 1.50 bits per heavy atom. The van der Waals surface area contributed by atoms with E-state index in [9.17, 15) is 13.6 Å². The average molecular weight is 261 g/mol. The second-order valence-corrected chi connectivity index (χ2v) is 3.38. The topological polar surface area (TPSA) is 37.3 Å². The minimum Gasteiger partial charge on any atom is -0.478 e. The molecule has 14 heavy (non-hydrogen) atoms. The van der Waals surface area contributed by atoms with Gasteiger partial charge in [0.15, 0.2) is 11.6 Å². The maximum Gasteiger partial charge on any atom is 0.340 e. The number of halogens is 5. The highest BCUT2D eigenvalue weighted by Gasteiger charge is 2.25. The average Bonchev–Trinajstić information content (AvgIpc) is 2.11. The van der Waals surface area contributed by atoms with Gasteiger partial charge in [-0.05, 0) is 0 Å². The van der Waals surface area contributed by atoms with Crippen LogP contribution in [0.4, 0.5) is 8.78 Å². The summed E-state index contributed by atoms with van der Waals surface area (Å²) in [6, 6.07) is 0. The Morgan fingerprint density at radius 1 is 1.00 bits per heavy atom. The predicted octanol–water partition coefficient (Wildman–Crippen LogP) is 3.62. The van der Waals surface area contributed by atoms with E-state index in [2.05, 4.69) is 0 Å². The molecule has 76 valence electrons. The molecule has 1 aromatic rings. The number of rotatable bonds is 1. The van der Waals surface area contributed by atoms with Crippen LogP contribution in [0.2, 0.25) is 15.1 Å². The lowest BCUT2D eigenvalue weighted by Gasteiger charge is -2.06. The van der Waals surface area contributed by atoms with Crippen LogP contribution < -0.4 is 0 Å². The van der Waals surface area contributed by atoms with Gasteiger partial charge in [0.1, 0.15) is 5.56 Å². The summed E-state index contributed by atoms with van der Waals surface area (Å²) in [7, 11) is 0. The first kappa shape index (κ1) is 11.5. The van der Waals surface area contributed by atoms with E-state index in [0.717, 1.165) is 0 Å². The zero-order valence-electron chi connectivity index (χ0n) is 6.25. The molecular formula is C7HCl3F2O2. The zero-order chi connectivity index (χ0) is 11.0. The van der Waals surface area contributed by atoms with E-state index in [0.29, 0.717) is 0 Å². The van der Waals surface area contributed by atoms with E-state index >= 15 is 0 Å². The zero-order valence-corrected chi connectivity index (χ0v) is 8.51. The van der Waals surface area contributed by atoms with Gasteiger partial charge in [-0.2, -0.15) is 0 Å². The Balaban J connectivity index is 3.68. The van der Waals surface area contributed by atoms with Crippen LogP contribution >= 0.6 is 34.8 Å². The molecule has 0 aromatic heterocycles. The van der Waals surface area contributed by atoms with E-state index in [1.54, 1.807) is 0 Å². The summed E-state index contributed by atoms with van der Waals surface area (Å²) in [6.45, 7) is 0. The number of hydrogen-bond acceptors (Lipinski definition) is 1. The van der Waals surface area contributed by atoms with Gasteiger partial charge in [0.25, 0.3) is 0 Å². The molecule has 1 aromatic carbocycles. The smallest absolute Gasteiger partial charge is 0.340 e. The molecule has 0 atom stereocenters. The van der Waals surface area contributed by atoms with Crippen LogP contribution in [0.3, 0.4) is 0 Å². The fraction of sp³-hybridized carbons (Fsp3) is 0. The molecular weight excluding hydrogens is 260 g/mol. The van der Waals surface area contributed by atoms with Gasteiger partial charge in [0, 0.05) is 0 Å². The van der Waals surface area contributed by atoms with Crippen LogP contribution in [0.5, 0.6) is 0 Å². The van der Waals surface area contributed by atoms with Crippen molar-refractivity contribution in [3.05, 3.63) is 32.3 Å². The minimum atomic E-state index is -1.72. The van der Waals surface area contributed by atoms with Gasteiger partial charge in [-0.3, -0.25) is 0 Å². The summed E-state index contributed by atoms with van der Waals surface area (Å²) >= 11 is 16.0. The van der Waals surface area contributed by atoms with Gasteiger partial charge in [0.05, 0.1) is 15.1 Å². The lowest BCUT2D eigenvalue weighted by Crippen LogP contribution is -2.05. The number of carboxylic acids is 1. The number of carboxylic acid groups (broad SMARTS) is 1. The van der Waals surface area contributed by atoms with Crippen molar-refractivity contribution in [3.8, 4) is 0 Å². The van der Waals surface area contributed by atoms with Crippen LogP contribution in [0.15, 0.2) is 0 Å². The van der Waals surface area contributed by atoms with Gasteiger partial charge >= 0.3 is 5.97 Å². The summed E-state index contributed by atoms with van der Waals surface area (Å²) in [4.78, 5) is 10.5. The maximum absolute atomic E-state index is 13.0. The Bertz CT molecular complexity index is 391. The van der Waals surface area contributed by atoms with Crippen molar-refractivity contribution in [2.45, 2.75) is 0 Å². The van der Waals surface area contributed by atoms with Gasteiger partial charge in [-0.25, -0.2) is 13.6 Å². The summed E-state index contributed by atoms with van der Waals surface area (Å²) in [5, 5.41) is 6.61. The van der Waals surface area contributed by atoms with Crippen molar-refractivity contribution in [1.82, 2.24) is 0 Å². The molecule has 2 nitrogen and oxygen atoms in total. The molecule has 7 heteroatoms. The molecule has 0 heterocycles. The van der Waals surface area contributed by atoms with Gasteiger partial charge < -0.3 is 5.11 Å². The van der Waals surface area contributed by atoms with Crippen molar-refractivity contribution in [1.29, 1.82) is 0 Å². The van der Waals surface area contributed by atoms with Crippen molar-refractivity contribution >= 4 is 40.8 Å². The van der Waals surface area contributed by atoms with Crippen LogP contribution in [0, 0.1) is 11.6 Å². The second-order valence-electron chi connectivity index (χ2n) is 2.25. The Kier molecular flexibility index (Phi) is 3.19. The lowest BCUT2D eigenvalue weighted by molar-refractivity contribution is 0.0691. The number of hydrogen-bond donors (Lipinski definition) is 1. The molecule has 0 saturated heterocycles. The predicted molar refractivity (Wildman–Crippen MR) is 48.3 cm³/mol. The van der Waals surface area contributed by atoms with E-state index in [1.165, 1.54) is 0 Å². The van der Waals surface area contributed by atoms with Crippen LogP contribution in [0.25, 0.3) is 0 Å². The quantitative estimate of drug-likeness (QED) is 0.619. The van der Waals surface area contributed by atoms with E-state index in [4.69, 9.17) is 39.9 Å². The molecule has 0 aliphatic rings. The monoisotopic (exact) mass is 260 g/mol. The summed E-state index contributed by atoms with van der Waals surface area (Å²) in [5.74, 6) is -4.87. The lowest BCUT2D eigenvalue weighted by atomic mass is 10.2. The maximum atomic E-state index is 13.0. The summed E-state index contributed by atoms with van der Waals surface area (Å²) in [6.07, 6.45) is 0. The van der Waals surface area contributed by atoms with Crippen molar-refractivity contribution in [2.24, 2.45) is 0 Å². The van der Waals surface area contributed by atoms with Crippen LogP contribution in [-0.2, 0) is 0 Å². The fourth-order valence-corrected chi connectivity index (χ4v) is 1.45. The van der Waals surface area contributed by atoms with E-state index in [1.807, 2.05) is 0 Å². The molecule has 0 spiro atoms. The molecule has 0 amide bonds. The molecule has 1 rings (SSSR count). The molecule has 0 saturated carbocycles.